The van der Waals surface area contributed by atoms with Crippen molar-refractivity contribution in [3.05, 3.63) is 42.0 Å². The first kappa shape index (κ1) is 24.1. The number of aliphatic hydroxyl groups is 3. The van der Waals surface area contributed by atoms with Crippen molar-refractivity contribution in [2.45, 2.75) is 82.0 Å². The Morgan fingerprint density at radius 3 is 2.56 bits per heavy atom. The fourth-order valence-electron chi connectivity index (χ4n) is 9.10. The van der Waals surface area contributed by atoms with Crippen LogP contribution in [0.3, 0.4) is 0 Å². The predicted molar refractivity (Wildman–Crippen MR) is 136 cm³/mol. The molecular formula is C29H38N2O5. The molecule has 0 bridgehead atoms. The summed E-state index contributed by atoms with van der Waals surface area (Å²) in [4.78, 5) is 11.8. The van der Waals surface area contributed by atoms with Gasteiger partial charge in [0.25, 0.3) is 0 Å². The number of anilines is 1. The van der Waals surface area contributed by atoms with Gasteiger partial charge in [0.05, 0.1) is 23.0 Å². The van der Waals surface area contributed by atoms with Gasteiger partial charge in [0.2, 0.25) is 0 Å². The molecule has 8 atom stereocenters. The molecule has 1 aliphatic heterocycles. The normalized spacial score (nSPS) is 46.0. The van der Waals surface area contributed by atoms with E-state index in [-0.39, 0.29) is 29.1 Å². The van der Waals surface area contributed by atoms with Gasteiger partial charge in [-0.25, -0.2) is 4.79 Å². The Labute approximate surface area is 212 Å². The van der Waals surface area contributed by atoms with Gasteiger partial charge in [0, 0.05) is 29.5 Å². The number of hydrogen-bond acceptors (Lipinski definition) is 7. The maximum absolute atomic E-state index is 12.5. The number of nitrogens with zero attached hydrogens (tertiary/aromatic N) is 1. The van der Waals surface area contributed by atoms with Crippen molar-refractivity contribution in [3.8, 4) is 0 Å². The van der Waals surface area contributed by atoms with E-state index >= 15 is 0 Å². The number of nitrogens with one attached hydrogen (secondary N) is 1. The van der Waals surface area contributed by atoms with Crippen LogP contribution in [0, 0.1) is 28.6 Å². The molecule has 1 aromatic carbocycles. The number of cyclic esters (lactones) is 1. The van der Waals surface area contributed by atoms with E-state index in [4.69, 9.17) is 4.74 Å². The maximum atomic E-state index is 12.5. The van der Waals surface area contributed by atoms with Crippen molar-refractivity contribution in [2.24, 2.45) is 33.7 Å². The Bertz CT molecular complexity index is 1090. The van der Waals surface area contributed by atoms with E-state index in [9.17, 15) is 20.1 Å². The van der Waals surface area contributed by atoms with E-state index < -0.39 is 22.7 Å². The molecule has 0 amide bonds. The van der Waals surface area contributed by atoms with E-state index in [1.807, 2.05) is 36.5 Å². The molecule has 4 aliphatic carbocycles. The average molecular weight is 495 g/mol. The lowest BCUT2D eigenvalue weighted by Crippen LogP contribution is -2.68. The fraction of sp³-hybridized carbons (Fsp3) is 0.655. The highest BCUT2D eigenvalue weighted by Gasteiger charge is 2.71. The SMILES string of the molecule is C[C@]12CC[C@H]3[C@@H](CC[C@]4(O)C[C@@H](O)CC[C@]34/C=N/Nc3ccccc3)[C@@]1(O)CC[C@@H]2C1=CC(=O)OC1. The largest absolute Gasteiger partial charge is 0.458 e. The lowest BCUT2D eigenvalue weighted by molar-refractivity contribution is -0.237. The Morgan fingerprint density at radius 2 is 1.81 bits per heavy atom. The second-order valence-electron chi connectivity index (χ2n) is 12.3. The minimum Gasteiger partial charge on any atom is -0.458 e. The molecule has 7 nitrogen and oxygen atoms in total. The average Bonchev–Trinajstić information content (AvgIpc) is 3.40. The molecule has 4 saturated carbocycles. The van der Waals surface area contributed by atoms with Crippen LogP contribution < -0.4 is 5.43 Å². The van der Waals surface area contributed by atoms with Crippen LogP contribution in [-0.2, 0) is 9.53 Å². The molecule has 1 aromatic rings. The molecular weight excluding hydrogens is 456 g/mol. The second-order valence-corrected chi connectivity index (χ2v) is 12.3. The molecule has 4 N–H and O–H groups in total. The second kappa shape index (κ2) is 8.40. The minimum absolute atomic E-state index is 0.0265. The number of hydrogen-bond donors (Lipinski definition) is 4. The molecule has 0 spiro atoms. The summed E-state index contributed by atoms with van der Waals surface area (Å²) in [6.07, 6.45) is 9.15. The molecule has 4 fully saturated rings. The Hall–Kier alpha value is -2.22. The van der Waals surface area contributed by atoms with Gasteiger partial charge in [-0.15, -0.1) is 0 Å². The minimum atomic E-state index is -1.05. The van der Waals surface area contributed by atoms with E-state index in [0.717, 1.165) is 36.9 Å². The Morgan fingerprint density at radius 1 is 1.03 bits per heavy atom. The third-order valence-corrected chi connectivity index (χ3v) is 10.9. The van der Waals surface area contributed by atoms with Crippen molar-refractivity contribution >= 4 is 17.9 Å². The van der Waals surface area contributed by atoms with Crippen LogP contribution in [0.15, 0.2) is 47.1 Å². The number of para-hydroxylation sites is 1. The predicted octanol–water partition coefficient (Wildman–Crippen LogP) is 3.80. The summed E-state index contributed by atoms with van der Waals surface area (Å²) in [5.74, 6) is -0.0496. The molecule has 1 heterocycles. The molecule has 194 valence electrons. The highest BCUT2D eigenvalue weighted by atomic mass is 16.5. The van der Waals surface area contributed by atoms with Crippen LogP contribution in [0.25, 0.3) is 0 Å². The van der Waals surface area contributed by atoms with Crippen LogP contribution >= 0.6 is 0 Å². The van der Waals surface area contributed by atoms with E-state index in [1.54, 1.807) is 6.08 Å². The number of carbonyl (C=O) groups is 1. The van der Waals surface area contributed by atoms with Gasteiger partial charge in [-0.1, -0.05) is 25.1 Å². The highest BCUT2D eigenvalue weighted by Crippen LogP contribution is 2.70. The van der Waals surface area contributed by atoms with Crippen LogP contribution in [0.2, 0.25) is 0 Å². The molecule has 0 aromatic heterocycles. The zero-order chi connectivity index (χ0) is 25.2. The van der Waals surface area contributed by atoms with Gasteiger partial charge in [-0.2, -0.15) is 5.10 Å². The maximum Gasteiger partial charge on any atom is 0.331 e. The molecule has 7 heteroatoms. The summed E-state index contributed by atoms with van der Waals surface area (Å²) in [6.45, 7) is 2.54. The van der Waals surface area contributed by atoms with Crippen molar-refractivity contribution in [1.82, 2.24) is 0 Å². The quantitative estimate of drug-likeness (QED) is 0.288. The summed E-state index contributed by atoms with van der Waals surface area (Å²) in [7, 11) is 0. The summed E-state index contributed by atoms with van der Waals surface area (Å²) in [6, 6.07) is 9.77. The standard InChI is InChI=1S/C29H38N2O5/c1-26-11-8-23-24(29(26,35)14-10-22(26)19-15-25(33)36-17-19)9-13-28(34)16-21(32)7-12-27(23,28)18-30-31-20-5-3-2-4-6-20/h2-6,15,18,21-24,31-32,34-35H,7-14,16-17H2,1H3/b30-18+/t21-,22+,23-,24+,26+,27-,28-,29-/m0/s1. The third kappa shape index (κ3) is 3.35. The van der Waals surface area contributed by atoms with Crippen LogP contribution in [0.5, 0.6) is 0 Å². The molecule has 5 aliphatic rings. The topological polar surface area (TPSA) is 111 Å². The number of esters is 1. The van der Waals surface area contributed by atoms with Crippen molar-refractivity contribution in [3.63, 3.8) is 0 Å². The Balaban J connectivity index is 1.35. The van der Waals surface area contributed by atoms with E-state index in [1.165, 1.54) is 0 Å². The molecule has 6 rings (SSSR count). The summed E-state index contributed by atoms with van der Waals surface area (Å²) >= 11 is 0. The van der Waals surface area contributed by atoms with Gasteiger partial charge in [0.1, 0.15) is 6.61 Å². The zero-order valence-electron chi connectivity index (χ0n) is 21.0. The van der Waals surface area contributed by atoms with Crippen molar-refractivity contribution < 1.29 is 24.9 Å². The molecule has 0 radical (unpaired) electrons. The number of benzene rings is 1. The van der Waals surface area contributed by atoms with Crippen molar-refractivity contribution in [2.75, 3.05) is 12.0 Å². The Kier molecular flexibility index (Phi) is 5.63. The van der Waals surface area contributed by atoms with Crippen LogP contribution in [0.1, 0.15) is 64.7 Å². The van der Waals surface area contributed by atoms with Gasteiger partial charge in [0.15, 0.2) is 0 Å². The molecule has 0 unspecified atom stereocenters. The molecule has 0 saturated heterocycles. The number of carbonyl (C=O) groups excluding carboxylic acids is 1. The van der Waals surface area contributed by atoms with Crippen molar-refractivity contribution in [1.29, 1.82) is 0 Å². The first-order valence-corrected chi connectivity index (χ1v) is 13.6. The monoisotopic (exact) mass is 494 g/mol. The number of ether oxygens (including phenoxy) is 1. The van der Waals surface area contributed by atoms with Gasteiger partial charge < -0.3 is 20.1 Å². The smallest absolute Gasteiger partial charge is 0.331 e. The van der Waals surface area contributed by atoms with Crippen LogP contribution in [0.4, 0.5) is 5.69 Å². The fourth-order valence-corrected chi connectivity index (χ4v) is 9.10. The zero-order valence-corrected chi connectivity index (χ0v) is 21.0. The summed E-state index contributed by atoms with van der Waals surface area (Å²) in [5, 5.41) is 39.7. The molecule has 36 heavy (non-hydrogen) atoms. The van der Waals surface area contributed by atoms with Crippen LogP contribution in [-0.4, -0.2) is 51.4 Å². The van der Waals surface area contributed by atoms with Gasteiger partial charge >= 0.3 is 5.97 Å². The number of aliphatic hydroxyl groups excluding tert-OH is 1. The highest BCUT2D eigenvalue weighted by molar-refractivity contribution is 5.85. The van der Waals surface area contributed by atoms with Gasteiger partial charge in [-0.05, 0) is 86.8 Å². The number of fused-ring (bicyclic) bond motifs is 5. The first-order chi connectivity index (χ1) is 17.2. The lowest BCUT2D eigenvalue weighted by Gasteiger charge is -2.65. The van der Waals surface area contributed by atoms with E-state index in [0.29, 0.717) is 38.7 Å². The number of rotatable bonds is 4. The number of hydrazone groups is 1. The summed E-state index contributed by atoms with van der Waals surface area (Å²) < 4.78 is 5.24. The lowest BCUT2D eigenvalue weighted by atomic mass is 9.41. The summed E-state index contributed by atoms with van der Waals surface area (Å²) in [5.41, 5.74) is 2.16. The van der Waals surface area contributed by atoms with Gasteiger partial charge in [-0.3, -0.25) is 5.43 Å². The third-order valence-electron chi connectivity index (χ3n) is 10.9. The van der Waals surface area contributed by atoms with E-state index in [2.05, 4.69) is 17.5 Å². The first-order valence-electron chi connectivity index (χ1n) is 13.6.